The predicted octanol–water partition coefficient (Wildman–Crippen LogP) is 2.84. The third-order valence-electron chi connectivity index (χ3n) is 3.47. The maximum atomic E-state index is 13.8. The fraction of sp³-hybridized carbons (Fsp3) is 0.267. The van der Waals surface area contributed by atoms with E-state index in [0.717, 1.165) is 6.20 Å². The van der Waals surface area contributed by atoms with Crippen LogP contribution in [0.15, 0.2) is 29.3 Å². The molecule has 0 aliphatic rings. The summed E-state index contributed by atoms with van der Waals surface area (Å²) in [6.07, 6.45) is 2.66. The highest BCUT2D eigenvalue weighted by atomic mass is 32.1. The van der Waals surface area contributed by atoms with Gasteiger partial charge in [0.15, 0.2) is 0 Å². The molecule has 0 bridgehead atoms. The van der Waals surface area contributed by atoms with Crippen LogP contribution >= 0.6 is 11.3 Å². The van der Waals surface area contributed by atoms with Gasteiger partial charge < -0.3 is 10.7 Å². The van der Waals surface area contributed by atoms with E-state index in [1.807, 2.05) is 13.8 Å². The quantitative estimate of drug-likeness (QED) is 0.777. The number of hydrogen-bond donors (Lipinski definition) is 2. The Balaban J connectivity index is 2.17. The number of aromatic amines is 1. The van der Waals surface area contributed by atoms with Crippen molar-refractivity contribution in [2.45, 2.75) is 19.9 Å². The fourth-order valence-electron chi connectivity index (χ4n) is 2.14. The Labute approximate surface area is 130 Å². The molecule has 22 heavy (non-hydrogen) atoms. The molecule has 0 fully saturated rings. The number of thiophene rings is 1. The number of aromatic nitrogens is 3. The summed E-state index contributed by atoms with van der Waals surface area (Å²) in [5.41, 5.74) is 6.74. The Hall–Kier alpha value is -2.12. The van der Waals surface area contributed by atoms with Gasteiger partial charge in [0.1, 0.15) is 16.3 Å². The van der Waals surface area contributed by atoms with Gasteiger partial charge in [-0.3, -0.25) is 9.78 Å². The van der Waals surface area contributed by atoms with Crippen LogP contribution in [0.4, 0.5) is 4.39 Å². The zero-order chi connectivity index (χ0) is 15.9. The van der Waals surface area contributed by atoms with Crippen LogP contribution in [0.25, 0.3) is 20.7 Å². The minimum Gasteiger partial charge on any atom is -0.321 e. The van der Waals surface area contributed by atoms with E-state index in [1.165, 1.54) is 17.5 Å². The maximum Gasteiger partial charge on any atom is 0.268 e. The summed E-state index contributed by atoms with van der Waals surface area (Å²) in [6, 6.07) is 2.94. The van der Waals surface area contributed by atoms with Crippen molar-refractivity contribution in [3.8, 4) is 10.4 Å². The molecular formula is C15H15FN4OS. The lowest BCUT2D eigenvalue weighted by atomic mass is 10.1. The molecule has 7 heteroatoms. The first-order chi connectivity index (χ1) is 10.5. The third-order valence-corrected chi connectivity index (χ3v) is 4.63. The van der Waals surface area contributed by atoms with Crippen molar-refractivity contribution < 1.29 is 4.39 Å². The molecule has 0 aliphatic heterocycles. The zero-order valence-corrected chi connectivity index (χ0v) is 12.9. The molecule has 0 saturated heterocycles. The lowest BCUT2D eigenvalue weighted by Gasteiger charge is -2.13. The van der Waals surface area contributed by atoms with Crippen molar-refractivity contribution in [1.29, 1.82) is 0 Å². The Bertz CT molecular complexity index is 887. The second kappa shape index (κ2) is 5.58. The number of nitrogens with two attached hydrogens (primary N) is 1. The van der Waals surface area contributed by atoms with E-state index in [9.17, 15) is 9.18 Å². The van der Waals surface area contributed by atoms with E-state index in [0.29, 0.717) is 26.5 Å². The third kappa shape index (κ3) is 2.53. The van der Waals surface area contributed by atoms with Gasteiger partial charge in [-0.25, -0.2) is 9.37 Å². The molecule has 0 saturated carbocycles. The number of hydrogen-bond acceptors (Lipinski definition) is 5. The van der Waals surface area contributed by atoms with Crippen molar-refractivity contribution in [3.63, 3.8) is 0 Å². The minimum absolute atomic E-state index is 0.149. The van der Waals surface area contributed by atoms with Gasteiger partial charge in [0.05, 0.1) is 17.8 Å². The number of pyridine rings is 1. The van der Waals surface area contributed by atoms with E-state index in [-0.39, 0.29) is 17.5 Å². The average molecular weight is 318 g/mol. The highest BCUT2D eigenvalue weighted by molar-refractivity contribution is 7.22. The average Bonchev–Trinajstić information content (AvgIpc) is 2.91. The smallest absolute Gasteiger partial charge is 0.268 e. The molecule has 5 nitrogen and oxygen atoms in total. The van der Waals surface area contributed by atoms with Gasteiger partial charge in [0.2, 0.25) is 0 Å². The van der Waals surface area contributed by atoms with Crippen LogP contribution < -0.4 is 11.3 Å². The molecule has 3 aromatic rings. The molecular weight excluding hydrogens is 303 g/mol. The van der Waals surface area contributed by atoms with E-state index >= 15 is 0 Å². The van der Waals surface area contributed by atoms with Gasteiger partial charge >= 0.3 is 0 Å². The number of fused-ring (bicyclic) bond motifs is 1. The molecule has 0 aliphatic carbocycles. The first kappa shape index (κ1) is 14.8. The van der Waals surface area contributed by atoms with E-state index < -0.39 is 5.82 Å². The molecule has 0 spiro atoms. The van der Waals surface area contributed by atoms with Gasteiger partial charge in [-0.15, -0.1) is 11.3 Å². The Morgan fingerprint density at radius 2 is 2.18 bits per heavy atom. The van der Waals surface area contributed by atoms with Gasteiger partial charge in [-0.1, -0.05) is 13.8 Å². The summed E-state index contributed by atoms with van der Waals surface area (Å²) in [5, 5.41) is 0. The van der Waals surface area contributed by atoms with Gasteiger partial charge in [0, 0.05) is 16.6 Å². The number of halogens is 1. The molecule has 3 rings (SSSR count). The first-order valence-electron chi connectivity index (χ1n) is 6.86. The maximum absolute atomic E-state index is 13.8. The molecule has 3 N–H and O–H groups in total. The summed E-state index contributed by atoms with van der Waals surface area (Å²) in [7, 11) is 0. The Kier molecular flexibility index (Phi) is 3.76. The van der Waals surface area contributed by atoms with Gasteiger partial charge in [-0.2, -0.15) is 0 Å². The molecule has 114 valence electrons. The van der Waals surface area contributed by atoms with Crippen molar-refractivity contribution >= 4 is 21.6 Å². The lowest BCUT2D eigenvalue weighted by Crippen LogP contribution is -2.23. The molecule has 0 aromatic carbocycles. The number of nitrogens with one attached hydrogen (secondary N) is 1. The Morgan fingerprint density at radius 3 is 2.86 bits per heavy atom. The lowest BCUT2D eigenvalue weighted by molar-refractivity contribution is 0.491. The second-order valence-corrected chi connectivity index (χ2v) is 6.45. The normalized spacial score (nSPS) is 13.0. The van der Waals surface area contributed by atoms with Crippen LogP contribution in [0.2, 0.25) is 0 Å². The van der Waals surface area contributed by atoms with Crippen LogP contribution in [0.3, 0.4) is 0 Å². The van der Waals surface area contributed by atoms with E-state index in [1.54, 1.807) is 12.1 Å². The molecule has 3 aromatic heterocycles. The zero-order valence-electron chi connectivity index (χ0n) is 12.1. The van der Waals surface area contributed by atoms with Crippen molar-refractivity contribution in [2.24, 2.45) is 11.7 Å². The highest BCUT2D eigenvalue weighted by Crippen LogP contribution is 2.32. The second-order valence-electron chi connectivity index (χ2n) is 5.40. The van der Waals surface area contributed by atoms with Crippen LogP contribution in [0, 0.1) is 11.7 Å². The summed E-state index contributed by atoms with van der Waals surface area (Å²) in [6.45, 7) is 3.92. The largest absolute Gasteiger partial charge is 0.321 e. The summed E-state index contributed by atoms with van der Waals surface area (Å²) in [4.78, 5) is 23.7. The minimum atomic E-state index is -0.426. The SMILES string of the molecule is CC(C)[C@@H](N)c1nc2cc(-c3ccncc3F)sc2c(=O)[nH]1. The van der Waals surface area contributed by atoms with Crippen molar-refractivity contribution in [3.05, 3.63) is 46.5 Å². The van der Waals surface area contributed by atoms with Gasteiger partial charge in [-0.05, 0) is 18.1 Å². The molecule has 0 amide bonds. The number of nitrogens with zero attached hydrogens (tertiary/aromatic N) is 2. The summed E-state index contributed by atoms with van der Waals surface area (Å²) in [5.74, 6) is 0.174. The predicted molar refractivity (Wildman–Crippen MR) is 85.2 cm³/mol. The number of H-pyrrole nitrogens is 1. The first-order valence-corrected chi connectivity index (χ1v) is 7.68. The fourth-order valence-corrected chi connectivity index (χ4v) is 3.16. The van der Waals surface area contributed by atoms with E-state index in [2.05, 4.69) is 15.0 Å². The van der Waals surface area contributed by atoms with E-state index in [4.69, 9.17) is 5.73 Å². The highest BCUT2D eigenvalue weighted by Gasteiger charge is 2.17. The molecule has 0 radical (unpaired) electrons. The standard InChI is InChI=1S/C15H15FN4OS/c1-7(2)12(17)14-19-10-5-11(22-13(10)15(21)20-14)8-3-4-18-6-9(8)16/h3-7,12H,17H2,1-2H3,(H,19,20,21)/t12-/m1/s1. The van der Waals surface area contributed by atoms with Crippen molar-refractivity contribution in [1.82, 2.24) is 15.0 Å². The number of rotatable bonds is 3. The van der Waals surface area contributed by atoms with Crippen LogP contribution in [-0.4, -0.2) is 15.0 Å². The summed E-state index contributed by atoms with van der Waals surface area (Å²) >= 11 is 1.21. The van der Waals surface area contributed by atoms with Crippen LogP contribution in [-0.2, 0) is 0 Å². The van der Waals surface area contributed by atoms with Gasteiger partial charge in [0.25, 0.3) is 5.56 Å². The molecule has 0 unspecified atom stereocenters. The molecule has 3 heterocycles. The Morgan fingerprint density at radius 1 is 1.41 bits per heavy atom. The molecule has 1 atom stereocenters. The van der Waals surface area contributed by atoms with Crippen LogP contribution in [0.5, 0.6) is 0 Å². The topological polar surface area (TPSA) is 84.7 Å². The van der Waals surface area contributed by atoms with Crippen LogP contribution in [0.1, 0.15) is 25.7 Å². The monoisotopic (exact) mass is 318 g/mol. The van der Waals surface area contributed by atoms with Crippen molar-refractivity contribution in [2.75, 3.05) is 0 Å². The summed E-state index contributed by atoms with van der Waals surface area (Å²) < 4.78 is 14.3.